The molecule has 12 heavy (non-hydrogen) atoms. The summed E-state index contributed by atoms with van der Waals surface area (Å²) in [5.74, 6) is 0. The van der Waals surface area contributed by atoms with Gasteiger partial charge >= 0.3 is 0 Å². The number of ether oxygens (including phenoxy) is 1. The maximum atomic E-state index is 5.62. The molecule has 0 aliphatic carbocycles. The fourth-order valence-electron chi connectivity index (χ4n) is 1.15. The Morgan fingerprint density at radius 2 is 2.00 bits per heavy atom. The summed E-state index contributed by atoms with van der Waals surface area (Å²) >= 11 is 3.54. The first kappa shape index (κ1) is 12.4. The van der Waals surface area contributed by atoms with Crippen LogP contribution in [0.5, 0.6) is 0 Å². The van der Waals surface area contributed by atoms with Crippen molar-refractivity contribution in [3.63, 3.8) is 0 Å². The molecule has 0 aromatic rings. The molecule has 0 bridgehead atoms. The molecule has 0 aliphatic rings. The Morgan fingerprint density at radius 1 is 1.42 bits per heavy atom. The Kier molecular flexibility index (Phi) is 6.20. The maximum Gasteiger partial charge on any atom is 0.0531 e. The first-order valence-corrected chi connectivity index (χ1v) is 5.84. The SMILES string of the molecule is CCCC(C)(CBr)COC(C)C. The molecule has 74 valence electrons. The highest BCUT2D eigenvalue weighted by atomic mass is 79.9. The van der Waals surface area contributed by atoms with Gasteiger partial charge < -0.3 is 4.74 Å². The summed E-state index contributed by atoms with van der Waals surface area (Å²) in [6.45, 7) is 9.52. The summed E-state index contributed by atoms with van der Waals surface area (Å²) in [5.41, 5.74) is 0.318. The van der Waals surface area contributed by atoms with Gasteiger partial charge in [-0.25, -0.2) is 0 Å². The van der Waals surface area contributed by atoms with Crippen molar-refractivity contribution in [1.29, 1.82) is 0 Å². The van der Waals surface area contributed by atoms with Crippen molar-refractivity contribution < 1.29 is 4.74 Å². The molecule has 0 aromatic heterocycles. The first-order chi connectivity index (χ1) is 5.54. The molecule has 0 rings (SSSR count). The molecule has 0 aromatic carbocycles. The molecule has 1 nitrogen and oxygen atoms in total. The largest absolute Gasteiger partial charge is 0.378 e. The van der Waals surface area contributed by atoms with Crippen LogP contribution in [0.1, 0.15) is 40.5 Å². The minimum absolute atomic E-state index is 0.318. The molecular weight excluding hydrogens is 216 g/mol. The minimum atomic E-state index is 0.318. The van der Waals surface area contributed by atoms with Crippen LogP contribution in [0.4, 0.5) is 0 Å². The molecule has 0 N–H and O–H groups in total. The highest BCUT2D eigenvalue weighted by Gasteiger charge is 2.22. The Bertz CT molecular complexity index is 114. The van der Waals surface area contributed by atoms with E-state index in [1.165, 1.54) is 12.8 Å². The predicted octanol–water partition coefficient (Wildman–Crippen LogP) is 3.61. The molecule has 0 fully saturated rings. The molecule has 0 radical (unpaired) electrons. The Morgan fingerprint density at radius 3 is 2.33 bits per heavy atom. The van der Waals surface area contributed by atoms with E-state index in [4.69, 9.17) is 4.74 Å². The van der Waals surface area contributed by atoms with Crippen LogP contribution in [-0.2, 0) is 4.74 Å². The molecular formula is C10H21BrO. The van der Waals surface area contributed by atoms with Crippen LogP contribution in [0, 0.1) is 5.41 Å². The van der Waals surface area contributed by atoms with Gasteiger partial charge in [-0.15, -0.1) is 0 Å². The third-order valence-corrected chi connectivity index (χ3v) is 3.30. The molecule has 0 saturated carbocycles. The van der Waals surface area contributed by atoms with Crippen molar-refractivity contribution >= 4 is 15.9 Å². The highest BCUT2D eigenvalue weighted by Crippen LogP contribution is 2.26. The van der Waals surface area contributed by atoms with Gasteiger partial charge in [-0.2, -0.15) is 0 Å². The minimum Gasteiger partial charge on any atom is -0.378 e. The zero-order valence-corrected chi connectivity index (χ0v) is 10.3. The standard InChI is InChI=1S/C10H21BrO/c1-5-6-10(4,7-11)8-12-9(2)3/h9H,5-8H2,1-4H3. The van der Waals surface area contributed by atoms with E-state index in [-0.39, 0.29) is 0 Å². The molecule has 0 aliphatic heterocycles. The second kappa shape index (κ2) is 5.98. The van der Waals surface area contributed by atoms with E-state index in [0.717, 1.165) is 11.9 Å². The average Bonchev–Trinajstić information content (AvgIpc) is 2.02. The van der Waals surface area contributed by atoms with Gasteiger partial charge in [0.1, 0.15) is 0 Å². The van der Waals surface area contributed by atoms with Crippen LogP contribution in [0.3, 0.4) is 0 Å². The van der Waals surface area contributed by atoms with Crippen molar-refractivity contribution in [3.8, 4) is 0 Å². The fourth-order valence-corrected chi connectivity index (χ4v) is 1.59. The van der Waals surface area contributed by atoms with Crippen molar-refractivity contribution in [2.24, 2.45) is 5.41 Å². The van der Waals surface area contributed by atoms with Crippen molar-refractivity contribution in [2.45, 2.75) is 46.6 Å². The van der Waals surface area contributed by atoms with Gasteiger partial charge in [0, 0.05) is 10.7 Å². The Balaban J connectivity index is 3.78. The molecule has 0 spiro atoms. The van der Waals surface area contributed by atoms with Gasteiger partial charge in [-0.05, 0) is 20.3 Å². The van der Waals surface area contributed by atoms with E-state index in [2.05, 4.69) is 43.6 Å². The van der Waals surface area contributed by atoms with Crippen molar-refractivity contribution in [3.05, 3.63) is 0 Å². The van der Waals surface area contributed by atoms with Crippen LogP contribution in [-0.4, -0.2) is 18.0 Å². The summed E-state index contributed by atoms with van der Waals surface area (Å²) < 4.78 is 5.62. The molecule has 1 atom stereocenters. The van der Waals surface area contributed by atoms with Gasteiger partial charge in [0.15, 0.2) is 0 Å². The van der Waals surface area contributed by atoms with Gasteiger partial charge in [-0.3, -0.25) is 0 Å². The fraction of sp³-hybridized carbons (Fsp3) is 1.00. The zero-order chi connectivity index (χ0) is 9.61. The van der Waals surface area contributed by atoms with E-state index in [0.29, 0.717) is 11.5 Å². The lowest BCUT2D eigenvalue weighted by Crippen LogP contribution is -2.26. The number of alkyl halides is 1. The lowest BCUT2D eigenvalue weighted by atomic mass is 9.89. The third-order valence-electron chi connectivity index (χ3n) is 1.94. The summed E-state index contributed by atoms with van der Waals surface area (Å²) in [5, 5.41) is 1.03. The predicted molar refractivity (Wildman–Crippen MR) is 57.9 cm³/mol. The Hall–Kier alpha value is 0.440. The van der Waals surface area contributed by atoms with E-state index in [9.17, 15) is 0 Å². The second-order valence-corrected chi connectivity index (χ2v) is 4.61. The topological polar surface area (TPSA) is 9.23 Å². The number of rotatable bonds is 6. The lowest BCUT2D eigenvalue weighted by Gasteiger charge is -2.27. The molecule has 1 unspecified atom stereocenters. The third kappa shape index (κ3) is 5.15. The van der Waals surface area contributed by atoms with Gasteiger partial charge in [0.05, 0.1) is 12.7 Å². The summed E-state index contributed by atoms with van der Waals surface area (Å²) in [7, 11) is 0. The van der Waals surface area contributed by atoms with Crippen molar-refractivity contribution in [1.82, 2.24) is 0 Å². The van der Waals surface area contributed by atoms with Gasteiger partial charge in [-0.1, -0.05) is 36.2 Å². The smallest absolute Gasteiger partial charge is 0.0531 e. The maximum absolute atomic E-state index is 5.62. The summed E-state index contributed by atoms with van der Waals surface area (Å²) in [4.78, 5) is 0. The normalized spacial score (nSPS) is 16.5. The first-order valence-electron chi connectivity index (χ1n) is 4.71. The molecule has 2 heteroatoms. The van der Waals surface area contributed by atoms with E-state index in [1.54, 1.807) is 0 Å². The Labute approximate surface area is 85.0 Å². The molecule has 0 amide bonds. The van der Waals surface area contributed by atoms with E-state index < -0.39 is 0 Å². The van der Waals surface area contributed by atoms with Crippen molar-refractivity contribution in [2.75, 3.05) is 11.9 Å². The highest BCUT2D eigenvalue weighted by molar-refractivity contribution is 9.09. The van der Waals surface area contributed by atoms with Crippen LogP contribution in [0.15, 0.2) is 0 Å². The number of hydrogen-bond donors (Lipinski definition) is 0. The lowest BCUT2D eigenvalue weighted by molar-refractivity contribution is 0.0204. The van der Waals surface area contributed by atoms with Crippen LogP contribution in [0.2, 0.25) is 0 Å². The molecule has 0 saturated heterocycles. The van der Waals surface area contributed by atoms with Crippen LogP contribution < -0.4 is 0 Å². The van der Waals surface area contributed by atoms with Crippen LogP contribution in [0.25, 0.3) is 0 Å². The summed E-state index contributed by atoms with van der Waals surface area (Å²) in [6, 6.07) is 0. The monoisotopic (exact) mass is 236 g/mol. The van der Waals surface area contributed by atoms with Gasteiger partial charge in [0.2, 0.25) is 0 Å². The average molecular weight is 237 g/mol. The van der Waals surface area contributed by atoms with E-state index in [1.807, 2.05) is 0 Å². The van der Waals surface area contributed by atoms with Gasteiger partial charge in [0.25, 0.3) is 0 Å². The van der Waals surface area contributed by atoms with E-state index >= 15 is 0 Å². The van der Waals surface area contributed by atoms with Crippen LogP contribution >= 0.6 is 15.9 Å². The number of hydrogen-bond acceptors (Lipinski definition) is 1. The zero-order valence-electron chi connectivity index (χ0n) is 8.69. The molecule has 0 heterocycles. The second-order valence-electron chi connectivity index (χ2n) is 4.05. The quantitative estimate of drug-likeness (QED) is 0.641. The number of halogens is 1. The summed E-state index contributed by atoms with van der Waals surface area (Å²) in [6.07, 6.45) is 2.80.